The Morgan fingerprint density at radius 1 is 1.32 bits per heavy atom. The number of hydrogen-bond donors (Lipinski definition) is 0. The maximum absolute atomic E-state index is 6.10. The summed E-state index contributed by atoms with van der Waals surface area (Å²) in [5, 5.41) is 0.512. The monoisotopic (exact) mass is 273 g/mol. The number of nitrogens with zero attached hydrogens (tertiary/aromatic N) is 3. The van der Waals surface area contributed by atoms with E-state index in [2.05, 4.69) is 46.1 Å². The number of hydrogen-bond acceptors (Lipinski definition) is 3. The van der Waals surface area contributed by atoms with E-state index in [0.717, 1.165) is 24.5 Å². The summed E-state index contributed by atoms with van der Waals surface area (Å²) in [5.41, 5.74) is 2.59. The van der Waals surface area contributed by atoms with Crippen LogP contribution >= 0.6 is 11.6 Å². The molecule has 4 heteroatoms. The molecule has 0 aliphatic carbocycles. The van der Waals surface area contributed by atoms with Crippen molar-refractivity contribution in [3.05, 3.63) is 46.9 Å². The summed E-state index contributed by atoms with van der Waals surface area (Å²) in [4.78, 5) is 11.1. The standard InChI is InChI=1S/C15H16ClN3/c1-3-14-17-13(16)9-15(18-14)19-10(2)8-11-6-4-5-7-12(11)19/h4-7,9-10H,3,8H2,1-2H3. The average Bonchev–Trinajstić information content (AvgIpc) is 2.73. The van der Waals surface area contributed by atoms with Gasteiger partial charge in [0.05, 0.1) is 0 Å². The molecule has 1 aliphatic rings. The number of halogens is 1. The van der Waals surface area contributed by atoms with Crippen molar-refractivity contribution in [3.63, 3.8) is 0 Å². The minimum atomic E-state index is 0.396. The van der Waals surface area contributed by atoms with Gasteiger partial charge in [0, 0.05) is 24.2 Å². The van der Waals surface area contributed by atoms with Crippen molar-refractivity contribution in [1.82, 2.24) is 9.97 Å². The van der Waals surface area contributed by atoms with Gasteiger partial charge < -0.3 is 4.90 Å². The number of anilines is 2. The zero-order chi connectivity index (χ0) is 13.4. The van der Waals surface area contributed by atoms with Gasteiger partial charge in [-0.05, 0) is 25.0 Å². The van der Waals surface area contributed by atoms with Crippen LogP contribution in [0.3, 0.4) is 0 Å². The van der Waals surface area contributed by atoms with Gasteiger partial charge in [-0.1, -0.05) is 36.7 Å². The van der Waals surface area contributed by atoms with Gasteiger partial charge in [-0.15, -0.1) is 0 Å². The molecule has 0 spiro atoms. The summed E-state index contributed by atoms with van der Waals surface area (Å²) in [6.45, 7) is 4.25. The Hall–Kier alpha value is -1.61. The van der Waals surface area contributed by atoms with E-state index in [-0.39, 0.29) is 0 Å². The molecule has 19 heavy (non-hydrogen) atoms. The number of rotatable bonds is 2. The Morgan fingerprint density at radius 3 is 2.89 bits per heavy atom. The molecule has 0 N–H and O–H groups in total. The maximum Gasteiger partial charge on any atom is 0.138 e. The van der Waals surface area contributed by atoms with E-state index in [9.17, 15) is 0 Å². The fourth-order valence-corrected chi connectivity index (χ4v) is 2.84. The van der Waals surface area contributed by atoms with Crippen molar-refractivity contribution in [2.75, 3.05) is 4.90 Å². The molecule has 1 aromatic carbocycles. The lowest BCUT2D eigenvalue weighted by Crippen LogP contribution is -2.25. The van der Waals surface area contributed by atoms with E-state index in [1.807, 2.05) is 13.0 Å². The lowest BCUT2D eigenvalue weighted by Gasteiger charge is -2.24. The molecule has 2 aromatic rings. The molecule has 1 unspecified atom stereocenters. The molecule has 0 amide bonds. The normalized spacial score (nSPS) is 17.6. The molecular weight excluding hydrogens is 258 g/mol. The highest BCUT2D eigenvalue weighted by Crippen LogP contribution is 2.37. The summed E-state index contributed by atoms with van der Waals surface area (Å²) in [6, 6.07) is 10.7. The lowest BCUT2D eigenvalue weighted by atomic mass is 10.1. The number of benzene rings is 1. The van der Waals surface area contributed by atoms with Crippen LogP contribution in [0.15, 0.2) is 30.3 Å². The molecule has 0 fully saturated rings. The zero-order valence-corrected chi connectivity index (χ0v) is 11.9. The molecule has 98 valence electrons. The van der Waals surface area contributed by atoms with Gasteiger partial charge in [-0.3, -0.25) is 0 Å². The van der Waals surface area contributed by atoms with Gasteiger partial charge in [0.25, 0.3) is 0 Å². The third kappa shape index (κ3) is 2.19. The minimum absolute atomic E-state index is 0.396. The molecule has 2 heterocycles. The summed E-state index contributed by atoms with van der Waals surface area (Å²) in [5.74, 6) is 1.69. The fraction of sp³-hybridized carbons (Fsp3) is 0.333. The lowest BCUT2D eigenvalue weighted by molar-refractivity contribution is 0.744. The fourth-order valence-electron chi connectivity index (χ4n) is 2.65. The van der Waals surface area contributed by atoms with Crippen molar-refractivity contribution < 1.29 is 0 Å². The third-order valence-electron chi connectivity index (χ3n) is 3.50. The van der Waals surface area contributed by atoms with Crippen LogP contribution in [0.25, 0.3) is 0 Å². The highest BCUT2D eigenvalue weighted by molar-refractivity contribution is 6.29. The van der Waals surface area contributed by atoms with Crippen LogP contribution in [0.1, 0.15) is 25.2 Å². The van der Waals surface area contributed by atoms with Crippen LogP contribution < -0.4 is 4.90 Å². The van der Waals surface area contributed by atoms with E-state index in [4.69, 9.17) is 11.6 Å². The van der Waals surface area contributed by atoms with Crippen LogP contribution in [0.5, 0.6) is 0 Å². The van der Waals surface area contributed by atoms with Crippen LogP contribution in [-0.2, 0) is 12.8 Å². The summed E-state index contributed by atoms with van der Waals surface area (Å²) in [7, 11) is 0. The third-order valence-corrected chi connectivity index (χ3v) is 3.69. The van der Waals surface area contributed by atoms with E-state index < -0.39 is 0 Å². The first-order chi connectivity index (χ1) is 9.19. The van der Waals surface area contributed by atoms with E-state index in [1.165, 1.54) is 11.3 Å². The molecule has 0 saturated carbocycles. The zero-order valence-electron chi connectivity index (χ0n) is 11.1. The van der Waals surface area contributed by atoms with Crippen molar-refractivity contribution >= 4 is 23.1 Å². The Balaban J connectivity index is 2.09. The van der Waals surface area contributed by atoms with Crippen molar-refractivity contribution in [3.8, 4) is 0 Å². The molecule has 3 rings (SSSR count). The number of para-hydroxylation sites is 1. The van der Waals surface area contributed by atoms with Crippen molar-refractivity contribution in [1.29, 1.82) is 0 Å². The largest absolute Gasteiger partial charge is 0.323 e. The van der Waals surface area contributed by atoms with Crippen LogP contribution in [0.4, 0.5) is 11.5 Å². The van der Waals surface area contributed by atoms with Gasteiger partial charge in [0.15, 0.2) is 0 Å². The van der Waals surface area contributed by atoms with Crippen molar-refractivity contribution in [2.45, 2.75) is 32.7 Å². The minimum Gasteiger partial charge on any atom is -0.323 e. The van der Waals surface area contributed by atoms with Gasteiger partial charge >= 0.3 is 0 Å². The average molecular weight is 274 g/mol. The quantitative estimate of drug-likeness (QED) is 0.780. The second-order valence-electron chi connectivity index (χ2n) is 4.87. The SMILES string of the molecule is CCc1nc(Cl)cc(N2c3ccccc3CC2C)n1. The molecular formula is C15H16ClN3. The number of aromatic nitrogens is 2. The first-order valence-electron chi connectivity index (χ1n) is 6.59. The van der Waals surface area contributed by atoms with Gasteiger partial charge in [-0.25, -0.2) is 9.97 Å². The molecule has 3 nitrogen and oxygen atoms in total. The number of fused-ring (bicyclic) bond motifs is 1. The summed E-state index contributed by atoms with van der Waals surface area (Å²) >= 11 is 6.10. The topological polar surface area (TPSA) is 29.0 Å². The summed E-state index contributed by atoms with van der Waals surface area (Å²) < 4.78 is 0. The summed E-state index contributed by atoms with van der Waals surface area (Å²) in [6.07, 6.45) is 1.83. The second kappa shape index (κ2) is 4.82. The smallest absolute Gasteiger partial charge is 0.138 e. The second-order valence-corrected chi connectivity index (χ2v) is 5.26. The Morgan fingerprint density at radius 2 is 2.11 bits per heavy atom. The van der Waals surface area contributed by atoms with Crippen LogP contribution in [0, 0.1) is 0 Å². The predicted molar refractivity (Wildman–Crippen MR) is 78.2 cm³/mol. The van der Waals surface area contributed by atoms with E-state index in [1.54, 1.807) is 0 Å². The highest BCUT2D eigenvalue weighted by atomic mass is 35.5. The number of aryl methyl sites for hydroxylation is 1. The Bertz CT molecular complexity index is 612. The molecule has 0 saturated heterocycles. The Kier molecular flexibility index (Phi) is 3.15. The van der Waals surface area contributed by atoms with Gasteiger partial charge in [-0.2, -0.15) is 0 Å². The van der Waals surface area contributed by atoms with Crippen LogP contribution in [0.2, 0.25) is 5.15 Å². The van der Waals surface area contributed by atoms with Gasteiger partial charge in [0.2, 0.25) is 0 Å². The molecule has 1 atom stereocenters. The first kappa shape index (κ1) is 12.4. The molecule has 0 bridgehead atoms. The maximum atomic E-state index is 6.10. The Labute approximate surface area is 118 Å². The first-order valence-corrected chi connectivity index (χ1v) is 6.97. The predicted octanol–water partition coefficient (Wildman–Crippen LogP) is 3.78. The van der Waals surface area contributed by atoms with Crippen molar-refractivity contribution in [2.24, 2.45) is 0 Å². The van der Waals surface area contributed by atoms with E-state index >= 15 is 0 Å². The highest BCUT2D eigenvalue weighted by Gasteiger charge is 2.28. The molecule has 1 aliphatic heterocycles. The molecule has 0 radical (unpaired) electrons. The molecule has 1 aromatic heterocycles. The van der Waals surface area contributed by atoms with Gasteiger partial charge in [0.1, 0.15) is 16.8 Å². The van der Waals surface area contributed by atoms with Crippen LogP contribution in [-0.4, -0.2) is 16.0 Å². The van der Waals surface area contributed by atoms with E-state index in [0.29, 0.717) is 11.2 Å².